The molecule has 0 spiro atoms. The SMILES string of the molecule is CN(C(=O)c1ccc2cc(OCCCCC3CO3)ccc2c1)c1ccc(N(C)C(=O)c2ccc3cc(OCCCCC4CO4)ccc3c2)cc1. The van der Waals surface area contributed by atoms with Crippen molar-refractivity contribution in [2.24, 2.45) is 0 Å². The van der Waals surface area contributed by atoms with E-state index in [9.17, 15) is 9.59 Å². The largest absolute Gasteiger partial charge is 0.494 e. The van der Waals surface area contributed by atoms with Crippen LogP contribution in [0.3, 0.4) is 0 Å². The molecule has 2 fully saturated rings. The van der Waals surface area contributed by atoms with Crippen molar-refractivity contribution < 1.29 is 28.5 Å². The highest BCUT2D eigenvalue weighted by molar-refractivity contribution is 6.09. The van der Waals surface area contributed by atoms with Crippen molar-refractivity contribution >= 4 is 44.7 Å². The minimum atomic E-state index is -0.113. The fraction of sp³-hybridized carbons (Fsp3) is 0.333. The van der Waals surface area contributed by atoms with Gasteiger partial charge in [-0.25, -0.2) is 0 Å². The number of fused-ring (bicyclic) bond motifs is 2. The van der Waals surface area contributed by atoms with Crippen LogP contribution in [0.1, 0.15) is 59.2 Å². The van der Waals surface area contributed by atoms with Gasteiger partial charge in [0.2, 0.25) is 0 Å². The first-order valence-electron chi connectivity index (χ1n) is 17.6. The Morgan fingerprint density at radius 3 is 1.34 bits per heavy atom. The molecule has 7 rings (SSSR count). The lowest BCUT2D eigenvalue weighted by molar-refractivity contribution is 0.0985. The van der Waals surface area contributed by atoms with E-state index in [4.69, 9.17) is 18.9 Å². The second-order valence-electron chi connectivity index (χ2n) is 13.3. The van der Waals surface area contributed by atoms with Crippen LogP contribution in [0.15, 0.2) is 97.1 Å². The van der Waals surface area contributed by atoms with Crippen LogP contribution in [-0.4, -0.2) is 64.5 Å². The standard InChI is InChI=1S/C42H44N2O6/c1-43(41(45)33-11-9-31-25-37(19-13-29(31)23-33)47-21-5-3-7-39-27-49-39)35-15-17-36(18-16-35)44(2)42(46)34-12-10-32-26-38(20-14-30(32)24-34)48-22-6-4-8-40-28-50-40/h9-20,23-26,39-40H,3-8,21-22,27-28H2,1-2H3. The molecule has 2 heterocycles. The number of carbonyl (C=O) groups excluding carboxylic acids is 2. The second kappa shape index (κ2) is 15.3. The number of rotatable bonds is 16. The fourth-order valence-electron chi connectivity index (χ4n) is 6.21. The molecule has 258 valence electrons. The Kier molecular flexibility index (Phi) is 10.3. The van der Waals surface area contributed by atoms with Crippen molar-refractivity contribution in [2.75, 3.05) is 50.3 Å². The van der Waals surface area contributed by atoms with Gasteiger partial charge in [-0.2, -0.15) is 0 Å². The van der Waals surface area contributed by atoms with Crippen molar-refractivity contribution in [1.29, 1.82) is 0 Å². The van der Waals surface area contributed by atoms with E-state index in [2.05, 4.69) is 0 Å². The lowest BCUT2D eigenvalue weighted by atomic mass is 10.1. The summed E-state index contributed by atoms with van der Waals surface area (Å²) in [6, 6.07) is 30.9. The van der Waals surface area contributed by atoms with Crippen LogP contribution in [0.2, 0.25) is 0 Å². The minimum Gasteiger partial charge on any atom is -0.494 e. The van der Waals surface area contributed by atoms with Gasteiger partial charge in [0.25, 0.3) is 11.8 Å². The highest BCUT2D eigenvalue weighted by atomic mass is 16.6. The lowest BCUT2D eigenvalue weighted by Gasteiger charge is -2.21. The predicted octanol–water partition coefficient (Wildman–Crippen LogP) is 8.44. The normalized spacial score (nSPS) is 16.3. The first-order valence-corrected chi connectivity index (χ1v) is 17.6. The Labute approximate surface area is 293 Å². The average Bonchev–Trinajstić information content (AvgIpc) is 4.10. The summed E-state index contributed by atoms with van der Waals surface area (Å²) in [4.78, 5) is 30.2. The van der Waals surface area contributed by atoms with Gasteiger partial charge < -0.3 is 28.7 Å². The van der Waals surface area contributed by atoms with E-state index in [1.165, 1.54) is 0 Å². The van der Waals surface area contributed by atoms with Gasteiger partial charge in [0.05, 0.1) is 38.6 Å². The summed E-state index contributed by atoms with van der Waals surface area (Å²) in [5.41, 5.74) is 2.66. The van der Waals surface area contributed by atoms with Crippen LogP contribution in [0.25, 0.3) is 21.5 Å². The van der Waals surface area contributed by atoms with Gasteiger partial charge in [-0.15, -0.1) is 0 Å². The zero-order valence-electron chi connectivity index (χ0n) is 28.8. The molecule has 2 amide bonds. The van der Waals surface area contributed by atoms with E-state index < -0.39 is 0 Å². The Morgan fingerprint density at radius 1 is 0.560 bits per heavy atom. The molecule has 5 aromatic rings. The third-order valence-corrected chi connectivity index (χ3v) is 9.53. The summed E-state index contributed by atoms with van der Waals surface area (Å²) in [5.74, 6) is 1.44. The van der Waals surface area contributed by atoms with Gasteiger partial charge in [0, 0.05) is 36.6 Å². The molecule has 0 N–H and O–H groups in total. The summed E-state index contributed by atoms with van der Waals surface area (Å²) in [6.45, 7) is 3.17. The van der Waals surface area contributed by atoms with E-state index in [0.29, 0.717) is 36.5 Å². The zero-order chi connectivity index (χ0) is 34.5. The van der Waals surface area contributed by atoms with Crippen molar-refractivity contribution in [1.82, 2.24) is 0 Å². The van der Waals surface area contributed by atoms with Crippen LogP contribution in [0.5, 0.6) is 11.5 Å². The molecule has 8 heteroatoms. The molecule has 8 nitrogen and oxygen atoms in total. The summed E-state index contributed by atoms with van der Waals surface area (Å²) in [7, 11) is 3.53. The number of benzene rings is 5. The molecule has 50 heavy (non-hydrogen) atoms. The number of carbonyl (C=O) groups is 2. The fourth-order valence-corrected chi connectivity index (χ4v) is 6.21. The Hall–Kier alpha value is -4.92. The maximum absolute atomic E-state index is 13.5. The molecule has 0 saturated carbocycles. The second-order valence-corrected chi connectivity index (χ2v) is 13.3. The Balaban J connectivity index is 0.932. The quantitative estimate of drug-likeness (QED) is 0.0773. The number of hydrogen-bond donors (Lipinski definition) is 0. The zero-order valence-corrected chi connectivity index (χ0v) is 28.8. The van der Waals surface area contributed by atoms with Gasteiger partial charge in [-0.3, -0.25) is 9.59 Å². The van der Waals surface area contributed by atoms with Gasteiger partial charge >= 0.3 is 0 Å². The van der Waals surface area contributed by atoms with Crippen molar-refractivity contribution in [3.05, 3.63) is 108 Å². The highest BCUT2D eigenvalue weighted by Gasteiger charge is 2.22. The van der Waals surface area contributed by atoms with E-state index >= 15 is 0 Å². The van der Waals surface area contributed by atoms with Crippen molar-refractivity contribution in [3.63, 3.8) is 0 Å². The van der Waals surface area contributed by atoms with Crippen LogP contribution in [0.4, 0.5) is 11.4 Å². The lowest BCUT2D eigenvalue weighted by Crippen LogP contribution is -2.27. The molecule has 2 unspecified atom stereocenters. The maximum atomic E-state index is 13.5. The molecule has 0 radical (unpaired) electrons. The number of amides is 2. The van der Waals surface area contributed by atoms with E-state index in [1.54, 1.807) is 23.9 Å². The van der Waals surface area contributed by atoms with Gasteiger partial charge in [-0.1, -0.05) is 24.3 Å². The van der Waals surface area contributed by atoms with E-state index in [1.807, 2.05) is 97.1 Å². The summed E-state index contributed by atoms with van der Waals surface area (Å²) < 4.78 is 22.4. The third-order valence-electron chi connectivity index (χ3n) is 9.53. The predicted molar refractivity (Wildman–Crippen MR) is 198 cm³/mol. The molecule has 2 saturated heterocycles. The minimum absolute atomic E-state index is 0.113. The average molecular weight is 673 g/mol. The Morgan fingerprint density at radius 2 is 0.940 bits per heavy atom. The maximum Gasteiger partial charge on any atom is 0.258 e. The van der Waals surface area contributed by atoms with Crippen LogP contribution < -0.4 is 19.3 Å². The summed E-state index contributed by atoms with van der Waals surface area (Å²) in [5, 5.41) is 4.00. The number of ether oxygens (including phenoxy) is 4. The van der Waals surface area contributed by atoms with Gasteiger partial charge in [0.15, 0.2) is 0 Å². The van der Waals surface area contributed by atoms with Crippen LogP contribution in [-0.2, 0) is 9.47 Å². The number of unbranched alkanes of at least 4 members (excludes halogenated alkanes) is 2. The van der Waals surface area contributed by atoms with Crippen molar-refractivity contribution in [3.8, 4) is 11.5 Å². The first-order chi connectivity index (χ1) is 24.4. The van der Waals surface area contributed by atoms with E-state index in [-0.39, 0.29) is 11.8 Å². The molecule has 0 aromatic heterocycles. The first kappa shape index (κ1) is 33.6. The number of nitrogens with zero attached hydrogens (tertiary/aromatic N) is 2. The topological polar surface area (TPSA) is 84.1 Å². The molecular weight excluding hydrogens is 628 g/mol. The van der Waals surface area contributed by atoms with Crippen LogP contribution >= 0.6 is 0 Å². The third kappa shape index (κ3) is 8.44. The molecule has 2 aliphatic heterocycles. The smallest absolute Gasteiger partial charge is 0.258 e. The number of epoxide rings is 2. The molecule has 5 aromatic carbocycles. The molecule has 0 aliphatic carbocycles. The highest BCUT2D eigenvalue weighted by Crippen LogP contribution is 2.28. The summed E-state index contributed by atoms with van der Waals surface area (Å²) >= 11 is 0. The van der Waals surface area contributed by atoms with Gasteiger partial charge in [-0.05, 0) is 133 Å². The Bertz CT molecular complexity index is 1830. The molecule has 2 atom stereocenters. The molecular formula is C42H44N2O6. The van der Waals surface area contributed by atoms with Crippen LogP contribution in [0, 0.1) is 0 Å². The number of hydrogen-bond acceptors (Lipinski definition) is 6. The molecule has 2 aliphatic rings. The van der Waals surface area contributed by atoms with Gasteiger partial charge in [0.1, 0.15) is 11.5 Å². The number of anilines is 2. The van der Waals surface area contributed by atoms with E-state index in [0.717, 1.165) is 96.2 Å². The summed E-state index contributed by atoms with van der Waals surface area (Å²) in [6.07, 6.45) is 7.37. The monoisotopic (exact) mass is 672 g/mol. The molecule has 0 bridgehead atoms. The van der Waals surface area contributed by atoms with Crippen molar-refractivity contribution in [2.45, 2.75) is 50.7 Å².